The molecule has 20 heavy (non-hydrogen) atoms. The second kappa shape index (κ2) is 8.11. The number of hydrogen-bond donors (Lipinski definition) is 3. The average Bonchev–Trinajstić information content (AvgIpc) is 2.33. The number of nitrogens with one attached hydrogen (secondary N) is 2. The predicted octanol–water partition coefficient (Wildman–Crippen LogP) is 3.30. The van der Waals surface area contributed by atoms with Gasteiger partial charge in [0.05, 0.1) is 5.56 Å². The molecule has 0 heterocycles. The fourth-order valence-corrected chi connectivity index (χ4v) is 1.71. The number of nitrogen functional groups attached to an aromatic ring is 1. The van der Waals surface area contributed by atoms with Gasteiger partial charge in [-0.1, -0.05) is 19.4 Å². The lowest BCUT2D eigenvalue weighted by Crippen LogP contribution is -2.20. The van der Waals surface area contributed by atoms with Gasteiger partial charge >= 0.3 is 6.18 Å². The highest BCUT2D eigenvalue weighted by Crippen LogP contribution is 2.32. The van der Waals surface area contributed by atoms with Gasteiger partial charge in [-0.2, -0.15) is 13.2 Å². The zero-order chi connectivity index (χ0) is 14.5. The first kappa shape index (κ1) is 18.7. The van der Waals surface area contributed by atoms with Crippen LogP contribution in [0.1, 0.15) is 36.5 Å². The zero-order valence-corrected chi connectivity index (χ0v) is 12.0. The van der Waals surface area contributed by atoms with Crippen LogP contribution in [0.2, 0.25) is 0 Å². The molecule has 0 fully saturated rings. The molecule has 1 rings (SSSR count). The standard InChI is InChI=1S/C13H18F3N3.ClH/c1-2-3-6-19-8-9-4-5-11(13(14,15)16)10(7-9)12(17)18;/h4-5,7,19H,2-3,6,8H2,1H3,(H3,17,18);1H. The first-order valence-electron chi connectivity index (χ1n) is 6.11. The van der Waals surface area contributed by atoms with Gasteiger partial charge in [-0.25, -0.2) is 0 Å². The number of halogens is 4. The maximum atomic E-state index is 12.7. The molecule has 114 valence electrons. The van der Waals surface area contributed by atoms with Gasteiger partial charge in [0.1, 0.15) is 5.84 Å². The summed E-state index contributed by atoms with van der Waals surface area (Å²) < 4.78 is 38.2. The number of amidine groups is 1. The van der Waals surface area contributed by atoms with Crippen molar-refractivity contribution >= 4 is 18.2 Å². The van der Waals surface area contributed by atoms with Gasteiger partial charge in [-0.3, -0.25) is 5.41 Å². The lowest BCUT2D eigenvalue weighted by Gasteiger charge is -2.13. The minimum absolute atomic E-state index is 0. The third-order valence-electron chi connectivity index (χ3n) is 2.72. The topological polar surface area (TPSA) is 61.9 Å². The fourth-order valence-electron chi connectivity index (χ4n) is 1.71. The SMILES string of the molecule is CCCCNCc1ccc(C(F)(F)F)c(C(=N)N)c1.Cl. The number of hydrogen-bond acceptors (Lipinski definition) is 2. The normalized spacial score (nSPS) is 11.0. The number of alkyl halides is 3. The molecule has 0 amide bonds. The minimum atomic E-state index is -4.49. The highest BCUT2D eigenvalue weighted by atomic mass is 35.5. The summed E-state index contributed by atoms with van der Waals surface area (Å²) in [5.41, 5.74) is 4.78. The molecular weight excluding hydrogens is 291 g/mol. The van der Waals surface area contributed by atoms with Crippen molar-refractivity contribution in [2.24, 2.45) is 5.73 Å². The van der Waals surface area contributed by atoms with Crippen molar-refractivity contribution in [3.63, 3.8) is 0 Å². The van der Waals surface area contributed by atoms with E-state index in [0.29, 0.717) is 12.1 Å². The summed E-state index contributed by atoms with van der Waals surface area (Å²) in [6, 6.07) is 3.71. The lowest BCUT2D eigenvalue weighted by molar-refractivity contribution is -0.137. The molecule has 0 bridgehead atoms. The van der Waals surface area contributed by atoms with Gasteiger partial charge in [0.15, 0.2) is 0 Å². The first-order chi connectivity index (χ1) is 8.86. The Morgan fingerprint density at radius 2 is 2.00 bits per heavy atom. The lowest BCUT2D eigenvalue weighted by atomic mass is 10.0. The molecule has 0 aromatic heterocycles. The van der Waals surface area contributed by atoms with E-state index in [2.05, 4.69) is 12.2 Å². The quantitative estimate of drug-likeness (QED) is 0.429. The van der Waals surface area contributed by atoms with Gasteiger partial charge in [0.2, 0.25) is 0 Å². The van der Waals surface area contributed by atoms with E-state index in [9.17, 15) is 13.2 Å². The van der Waals surface area contributed by atoms with Crippen molar-refractivity contribution in [3.05, 3.63) is 34.9 Å². The van der Waals surface area contributed by atoms with Gasteiger partial charge in [-0.15, -0.1) is 12.4 Å². The molecule has 0 radical (unpaired) electrons. The molecule has 7 heteroatoms. The third-order valence-corrected chi connectivity index (χ3v) is 2.72. The van der Waals surface area contributed by atoms with E-state index in [0.717, 1.165) is 25.5 Å². The number of rotatable bonds is 6. The van der Waals surface area contributed by atoms with Crippen LogP contribution in [0.5, 0.6) is 0 Å². The Morgan fingerprint density at radius 1 is 1.35 bits per heavy atom. The van der Waals surface area contributed by atoms with Crippen LogP contribution in [0.25, 0.3) is 0 Å². The van der Waals surface area contributed by atoms with Crippen molar-refractivity contribution in [2.45, 2.75) is 32.5 Å². The highest BCUT2D eigenvalue weighted by molar-refractivity contribution is 5.96. The van der Waals surface area contributed by atoms with E-state index < -0.39 is 17.6 Å². The number of nitrogens with two attached hydrogens (primary N) is 1. The summed E-state index contributed by atoms with van der Waals surface area (Å²) in [4.78, 5) is 0. The fraction of sp³-hybridized carbons (Fsp3) is 0.462. The van der Waals surface area contributed by atoms with E-state index in [1.54, 1.807) is 0 Å². The summed E-state index contributed by atoms with van der Waals surface area (Å²) in [5, 5.41) is 10.4. The van der Waals surface area contributed by atoms with Crippen molar-refractivity contribution in [1.29, 1.82) is 5.41 Å². The van der Waals surface area contributed by atoms with Crippen LogP contribution < -0.4 is 11.1 Å². The predicted molar refractivity (Wildman–Crippen MR) is 76.3 cm³/mol. The van der Waals surface area contributed by atoms with Crippen LogP contribution in [0, 0.1) is 5.41 Å². The molecule has 0 aliphatic heterocycles. The molecule has 1 aromatic carbocycles. The van der Waals surface area contributed by atoms with Crippen LogP contribution in [0.4, 0.5) is 13.2 Å². The van der Waals surface area contributed by atoms with E-state index in [4.69, 9.17) is 11.1 Å². The summed E-state index contributed by atoms with van der Waals surface area (Å²) in [5.74, 6) is -0.567. The number of unbranched alkanes of at least 4 members (excludes halogenated alkanes) is 1. The maximum Gasteiger partial charge on any atom is 0.417 e. The molecule has 0 saturated heterocycles. The minimum Gasteiger partial charge on any atom is -0.384 e. The Bertz CT molecular complexity index is 447. The van der Waals surface area contributed by atoms with Crippen LogP contribution in [-0.2, 0) is 12.7 Å². The first-order valence-corrected chi connectivity index (χ1v) is 6.11. The maximum absolute atomic E-state index is 12.7. The largest absolute Gasteiger partial charge is 0.417 e. The van der Waals surface area contributed by atoms with Crippen molar-refractivity contribution < 1.29 is 13.2 Å². The Balaban J connectivity index is 0.00000361. The Labute approximate surface area is 122 Å². The molecule has 1 aromatic rings. The number of benzene rings is 1. The van der Waals surface area contributed by atoms with Crippen LogP contribution in [0.3, 0.4) is 0 Å². The van der Waals surface area contributed by atoms with Gasteiger partial charge in [0, 0.05) is 12.1 Å². The molecule has 3 nitrogen and oxygen atoms in total. The summed E-state index contributed by atoms with van der Waals surface area (Å²) in [7, 11) is 0. The van der Waals surface area contributed by atoms with E-state index in [1.165, 1.54) is 12.1 Å². The molecule has 0 saturated carbocycles. The van der Waals surface area contributed by atoms with Crippen LogP contribution in [0.15, 0.2) is 18.2 Å². The average molecular weight is 310 g/mol. The summed E-state index contributed by atoms with van der Waals surface area (Å²) >= 11 is 0. The molecule has 0 unspecified atom stereocenters. The Morgan fingerprint density at radius 3 is 2.50 bits per heavy atom. The Hall–Kier alpha value is -1.27. The molecule has 4 N–H and O–H groups in total. The van der Waals surface area contributed by atoms with Gasteiger partial charge in [-0.05, 0) is 30.7 Å². The van der Waals surface area contributed by atoms with Crippen molar-refractivity contribution in [2.75, 3.05) is 6.54 Å². The molecule has 0 atom stereocenters. The van der Waals surface area contributed by atoms with Crippen LogP contribution in [-0.4, -0.2) is 12.4 Å². The van der Waals surface area contributed by atoms with Crippen molar-refractivity contribution in [1.82, 2.24) is 5.32 Å². The van der Waals surface area contributed by atoms with Gasteiger partial charge in [0.25, 0.3) is 0 Å². The second-order valence-corrected chi connectivity index (χ2v) is 4.32. The van der Waals surface area contributed by atoms with Crippen LogP contribution >= 0.6 is 12.4 Å². The van der Waals surface area contributed by atoms with E-state index in [1.807, 2.05) is 0 Å². The molecule has 0 aliphatic rings. The van der Waals surface area contributed by atoms with E-state index in [-0.39, 0.29) is 18.0 Å². The smallest absolute Gasteiger partial charge is 0.384 e. The van der Waals surface area contributed by atoms with Crippen molar-refractivity contribution in [3.8, 4) is 0 Å². The molecule has 0 spiro atoms. The zero-order valence-electron chi connectivity index (χ0n) is 11.2. The highest BCUT2D eigenvalue weighted by Gasteiger charge is 2.33. The summed E-state index contributed by atoms with van der Waals surface area (Å²) in [6.45, 7) is 3.35. The summed E-state index contributed by atoms with van der Waals surface area (Å²) in [6.07, 6.45) is -2.42. The molecular formula is C13H19ClF3N3. The monoisotopic (exact) mass is 309 g/mol. The molecule has 0 aliphatic carbocycles. The third kappa shape index (κ3) is 5.38. The van der Waals surface area contributed by atoms with Gasteiger partial charge < -0.3 is 11.1 Å². The second-order valence-electron chi connectivity index (χ2n) is 4.32. The Kier molecular flexibility index (Phi) is 7.60. The van der Waals surface area contributed by atoms with E-state index >= 15 is 0 Å².